The number of hydrogen-bond acceptors (Lipinski definition) is 6. The molecule has 2 N–H and O–H groups in total. The molecule has 44 heavy (non-hydrogen) atoms. The van der Waals surface area contributed by atoms with E-state index in [1.807, 2.05) is 37.3 Å². The molecular weight excluding hydrogens is 591 g/mol. The molecule has 8 rings (SSSR count). The molecule has 2 aromatic rings. The quantitative estimate of drug-likeness (QED) is 0.251. The highest BCUT2D eigenvalue weighted by Gasteiger charge is 2.74. The van der Waals surface area contributed by atoms with Crippen molar-refractivity contribution in [1.82, 2.24) is 4.31 Å². The highest BCUT2D eigenvalue weighted by atomic mass is 32.2. The van der Waals surface area contributed by atoms with Gasteiger partial charge in [0.2, 0.25) is 0 Å². The minimum absolute atomic E-state index is 0.0243. The third-order valence-electron chi connectivity index (χ3n) is 13.0. The highest BCUT2D eigenvalue weighted by molar-refractivity contribution is 7.91. The zero-order valence-corrected chi connectivity index (χ0v) is 27.7. The van der Waals surface area contributed by atoms with E-state index in [-0.39, 0.29) is 35.0 Å². The van der Waals surface area contributed by atoms with E-state index in [0.29, 0.717) is 35.6 Å². The van der Waals surface area contributed by atoms with Crippen molar-refractivity contribution in [3.8, 4) is 0 Å². The predicted octanol–water partition coefficient (Wildman–Crippen LogP) is 6.62. The fraction of sp³-hybridized carbons (Fsp3) is 0.583. The van der Waals surface area contributed by atoms with Crippen LogP contribution in [0.4, 0.5) is 0 Å². The van der Waals surface area contributed by atoms with Crippen LogP contribution in [-0.4, -0.2) is 53.5 Å². The van der Waals surface area contributed by atoms with Gasteiger partial charge in [0.15, 0.2) is 5.78 Å². The zero-order chi connectivity index (χ0) is 31.2. The Morgan fingerprint density at radius 1 is 0.977 bits per heavy atom. The van der Waals surface area contributed by atoms with E-state index >= 15 is 0 Å². The number of benzene rings is 1. The maximum atomic E-state index is 14.6. The predicted molar refractivity (Wildman–Crippen MR) is 173 cm³/mol. The molecule has 0 radical (unpaired) electrons. The molecule has 0 amide bonds. The van der Waals surface area contributed by atoms with E-state index in [0.717, 1.165) is 37.7 Å². The normalized spacial score (nSPS) is 40.8. The van der Waals surface area contributed by atoms with Gasteiger partial charge in [0, 0.05) is 40.5 Å². The third-order valence-corrected chi connectivity index (χ3v) is 16.2. The number of nitrogens with zero attached hydrogens (tertiary/aromatic N) is 1. The van der Waals surface area contributed by atoms with E-state index in [2.05, 4.69) is 32.1 Å². The summed E-state index contributed by atoms with van der Waals surface area (Å²) in [6.07, 6.45) is 12.2. The fourth-order valence-electron chi connectivity index (χ4n) is 10.7. The van der Waals surface area contributed by atoms with Crippen LogP contribution < -0.4 is 0 Å². The molecule has 2 bridgehead atoms. The van der Waals surface area contributed by atoms with E-state index in [9.17, 15) is 23.4 Å². The Balaban J connectivity index is 1.34. The first kappa shape index (κ1) is 30.5. The second-order valence-corrected chi connectivity index (χ2v) is 17.9. The molecule has 6 aliphatic carbocycles. The summed E-state index contributed by atoms with van der Waals surface area (Å²) in [6.45, 7) is 6.91. The molecule has 0 saturated heterocycles. The lowest BCUT2D eigenvalue weighted by atomic mass is 9.32. The van der Waals surface area contributed by atoms with Crippen LogP contribution in [0.25, 0.3) is 0 Å². The number of aliphatic hydroxyl groups is 2. The Labute approximate surface area is 265 Å². The average Bonchev–Trinajstić information content (AvgIpc) is 3.64. The molecule has 3 saturated carbocycles. The number of Topliss-reactive ketones (excluding diaryl/α,β-unsaturated/α-hetero) is 1. The van der Waals surface area contributed by atoms with E-state index < -0.39 is 32.6 Å². The van der Waals surface area contributed by atoms with Crippen molar-refractivity contribution < 1.29 is 23.4 Å². The van der Waals surface area contributed by atoms with Crippen LogP contribution >= 0.6 is 11.3 Å². The van der Waals surface area contributed by atoms with Crippen molar-refractivity contribution in [2.75, 3.05) is 13.1 Å². The number of rotatable bonds is 8. The number of carbonyl (C=O) groups is 1. The van der Waals surface area contributed by atoms with Crippen LogP contribution in [0.2, 0.25) is 0 Å². The Kier molecular flexibility index (Phi) is 7.08. The molecular formula is C36H45NO5S2. The van der Waals surface area contributed by atoms with Gasteiger partial charge in [-0.15, -0.1) is 11.3 Å². The summed E-state index contributed by atoms with van der Waals surface area (Å²) in [4.78, 5) is 14.6. The maximum absolute atomic E-state index is 14.6. The van der Waals surface area contributed by atoms with Gasteiger partial charge >= 0.3 is 0 Å². The minimum atomic E-state index is -3.75. The van der Waals surface area contributed by atoms with Crippen molar-refractivity contribution in [3.05, 3.63) is 77.2 Å². The monoisotopic (exact) mass is 635 g/mol. The summed E-state index contributed by atoms with van der Waals surface area (Å²) in [6, 6.07) is 12.9. The average molecular weight is 636 g/mol. The standard InChI is InChI=1S/C36H45NO5S2/c1-4-20-37(44(41,42)30-11-8-21-43-30)24-35(40)17-14-29-33(35,3)16-13-28-32(2)15-12-26(38)22-34(32)18-19-36(28,29)27(23-34)31(39)25-9-6-5-7-10-25/h5-11,18-19,21,23,26,28-29,38,40H,4,12-17,20,22,24H2,1-3H3. The summed E-state index contributed by atoms with van der Waals surface area (Å²) in [5, 5.41) is 25.4. The maximum Gasteiger partial charge on any atom is 0.252 e. The van der Waals surface area contributed by atoms with Gasteiger partial charge in [-0.25, -0.2) is 8.42 Å². The number of aliphatic hydroxyl groups excluding tert-OH is 1. The second-order valence-electron chi connectivity index (χ2n) is 14.8. The van der Waals surface area contributed by atoms with Crippen molar-refractivity contribution in [2.24, 2.45) is 33.5 Å². The van der Waals surface area contributed by atoms with Crippen LogP contribution in [0, 0.1) is 33.5 Å². The summed E-state index contributed by atoms with van der Waals surface area (Å²) in [5.41, 5.74) is -1.40. The Bertz CT molecular complexity index is 1620. The van der Waals surface area contributed by atoms with Crippen molar-refractivity contribution in [1.29, 1.82) is 0 Å². The molecule has 8 unspecified atom stereocenters. The van der Waals surface area contributed by atoms with E-state index in [1.54, 1.807) is 17.5 Å². The van der Waals surface area contributed by atoms with Crippen LogP contribution in [0.3, 0.4) is 0 Å². The van der Waals surface area contributed by atoms with Gasteiger partial charge in [0.25, 0.3) is 10.0 Å². The summed E-state index contributed by atoms with van der Waals surface area (Å²) in [5.74, 6) is 0.208. The highest BCUT2D eigenvalue weighted by Crippen LogP contribution is 2.78. The Morgan fingerprint density at radius 2 is 1.68 bits per heavy atom. The van der Waals surface area contributed by atoms with Gasteiger partial charge in [0.1, 0.15) is 4.21 Å². The molecule has 1 heterocycles. The lowest BCUT2D eigenvalue weighted by molar-refractivity contribution is -0.173. The van der Waals surface area contributed by atoms with Crippen LogP contribution in [0.1, 0.15) is 82.5 Å². The largest absolute Gasteiger partial charge is 0.393 e. The number of allylic oxidation sites excluding steroid dienone is 4. The van der Waals surface area contributed by atoms with Gasteiger partial charge in [-0.05, 0) is 80.1 Å². The first-order chi connectivity index (χ1) is 20.9. The van der Waals surface area contributed by atoms with Gasteiger partial charge in [-0.1, -0.05) is 75.4 Å². The lowest BCUT2D eigenvalue weighted by Gasteiger charge is -2.71. The molecule has 2 spiro atoms. The summed E-state index contributed by atoms with van der Waals surface area (Å²) in [7, 11) is -3.75. The number of fused-ring (bicyclic) bond motifs is 1. The van der Waals surface area contributed by atoms with Crippen molar-refractivity contribution in [3.63, 3.8) is 0 Å². The Morgan fingerprint density at radius 3 is 2.39 bits per heavy atom. The summed E-state index contributed by atoms with van der Waals surface area (Å²) >= 11 is 1.21. The number of ketones is 1. The first-order valence-electron chi connectivity index (χ1n) is 16.3. The molecule has 1 aromatic carbocycles. The number of thiophene rings is 1. The van der Waals surface area contributed by atoms with E-state index in [1.165, 1.54) is 15.6 Å². The zero-order valence-electron chi connectivity index (χ0n) is 26.0. The fourth-order valence-corrected chi connectivity index (χ4v) is 13.4. The SMILES string of the molecule is CCCN(CC1(O)CCC2C34C=CC5(C=C3C(=O)c3ccccc3)CC(O)CCC5(C)C4CCC21C)S(=O)(=O)c1cccs1. The molecule has 0 aliphatic heterocycles. The third kappa shape index (κ3) is 3.93. The lowest BCUT2D eigenvalue weighted by Crippen LogP contribution is -2.67. The molecule has 8 atom stereocenters. The second kappa shape index (κ2) is 10.2. The van der Waals surface area contributed by atoms with Gasteiger partial charge in [0.05, 0.1) is 11.7 Å². The van der Waals surface area contributed by atoms with Crippen LogP contribution in [0.5, 0.6) is 0 Å². The Hall–Kier alpha value is -2.10. The van der Waals surface area contributed by atoms with Crippen LogP contribution in [-0.2, 0) is 10.0 Å². The topological polar surface area (TPSA) is 94.9 Å². The first-order valence-corrected chi connectivity index (χ1v) is 18.7. The molecule has 3 fully saturated rings. The molecule has 1 aromatic heterocycles. The van der Waals surface area contributed by atoms with Crippen molar-refractivity contribution >= 4 is 27.1 Å². The molecule has 6 aliphatic rings. The molecule has 8 heteroatoms. The minimum Gasteiger partial charge on any atom is -0.393 e. The molecule has 236 valence electrons. The number of hydrogen-bond donors (Lipinski definition) is 2. The van der Waals surface area contributed by atoms with Gasteiger partial charge < -0.3 is 10.2 Å². The van der Waals surface area contributed by atoms with Gasteiger partial charge in [-0.2, -0.15) is 4.31 Å². The summed E-state index contributed by atoms with van der Waals surface area (Å²) < 4.78 is 29.4. The molecule has 6 nitrogen and oxygen atoms in total. The van der Waals surface area contributed by atoms with Crippen LogP contribution in [0.15, 0.2) is 75.9 Å². The van der Waals surface area contributed by atoms with Gasteiger partial charge in [-0.3, -0.25) is 4.79 Å². The number of sulfonamides is 1. The smallest absolute Gasteiger partial charge is 0.252 e. The van der Waals surface area contributed by atoms with Crippen molar-refractivity contribution in [2.45, 2.75) is 88.1 Å². The number of carbonyl (C=O) groups excluding carboxylic acids is 1. The van der Waals surface area contributed by atoms with E-state index in [4.69, 9.17) is 0 Å².